The number of rotatable bonds is 4. The van der Waals surface area contributed by atoms with E-state index in [1.54, 1.807) is 11.3 Å². The van der Waals surface area contributed by atoms with E-state index in [0.717, 1.165) is 22.2 Å². The zero-order valence-electron chi connectivity index (χ0n) is 15.5. The van der Waals surface area contributed by atoms with Gasteiger partial charge in [-0.15, -0.1) is 11.3 Å². The highest BCUT2D eigenvalue weighted by atomic mass is 32.1. The zero-order chi connectivity index (χ0) is 19.6. The summed E-state index contributed by atoms with van der Waals surface area (Å²) < 4.78 is 1.29. The Morgan fingerprint density at radius 1 is 0.931 bits per heavy atom. The van der Waals surface area contributed by atoms with Gasteiger partial charge in [0.15, 0.2) is 0 Å². The molecule has 0 unspecified atom stereocenters. The van der Waals surface area contributed by atoms with Gasteiger partial charge in [0, 0.05) is 26.8 Å². The first-order chi connectivity index (χ1) is 14.3. The minimum Gasteiger partial charge on any atom is -0.324 e. The van der Waals surface area contributed by atoms with Crippen molar-refractivity contribution in [1.82, 2.24) is 9.97 Å². The molecule has 4 nitrogen and oxygen atoms in total. The van der Waals surface area contributed by atoms with Crippen LogP contribution in [0.4, 0.5) is 11.6 Å². The van der Waals surface area contributed by atoms with Crippen molar-refractivity contribution >= 4 is 44.0 Å². The van der Waals surface area contributed by atoms with Crippen molar-refractivity contribution in [3.8, 4) is 16.5 Å². The van der Waals surface area contributed by atoms with Gasteiger partial charge in [-0.05, 0) is 52.9 Å². The summed E-state index contributed by atoms with van der Waals surface area (Å²) in [6.45, 7) is 0. The van der Waals surface area contributed by atoms with E-state index in [9.17, 15) is 0 Å². The van der Waals surface area contributed by atoms with E-state index in [4.69, 9.17) is 5.26 Å². The number of nitriles is 1. The molecule has 0 saturated carbocycles. The third kappa shape index (κ3) is 3.54. The molecule has 0 saturated heterocycles. The molecule has 2 aromatic heterocycles. The van der Waals surface area contributed by atoms with Gasteiger partial charge in [-0.3, -0.25) is 0 Å². The van der Waals surface area contributed by atoms with Crippen molar-refractivity contribution in [2.45, 2.75) is 6.42 Å². The maximum absolute atomic E-state index is 8.77. The Morgan fingerprint density at radius 3 is 2.62 bits per heavy atom. The molecule has 0 aliphatic rings. The molecule has 2 heterocycles. The van der Waals surface area contributed by atoms with Crippen molar-refractivity contribution < 1.29 is 0 Å². The van der Waals surface area contributed by atoms with Crippen LogP contribution in [0.25, 0.3) is 31.4 Å². The molecule has 3 aromatic carbocycles. The van der Waals surface area contributed by atoms with Crippen LogP contribution in [0.15, 0.2) is 79.0 Å². The van der Waals surface area contributed by atoms with Crippen molar-refractivity contribution in [2.75, 3.05) is 5.32 Å². The Bertz CT molecular complexity index is 1330. The van der Waals surface area contributed by atoms with Crippen LogP contribution in [-0.2, 0) is 6.42 Å². The highest BCUT2D eigenvalue weighted by molar-refractivity contribution is 7.22. The average Bonchev–Trinajstić information content (AvgIpc) is 3.19. The molecule has 0 aliphatic carbocycles. The third-order valence-electron chi connectivity index (χ3n) is 4.78. The normalized spacial score (nSPS) is 10.9. The van der Waals surface area contributed by atoms with Gasteiger partial charge in [0.1, 0.15) is 0 Å². The topological polar surface area (TPSA) is 61.6 Å². The Kier molecular flexibility index (Phi) is 4.39. The second-order valence-corrected chi connectivity index (χ2v) is 7.86. The van der Waals surface area contributed by atoms with Crippen LogP contribution in [0.1, 0.15) is 5.56 Å². The van der Waals surface area contributed by atoms with Crippen molar-refractivity contribution in [1.29, 1.82) is 5.26 Å². The van der Waals surface area contributed by atoms with Gasteiger partial charge in [0.25, 0.3) is 0 Å². The number of thiophene rings is 1. The van der Waals surface area contributed by atoms with Crippen LogP contribution in [0.5, 0.6) is 0 Å². The van der Waals surface area contributed by atoms with Crippen LogP contribution in [0.2, 0.25) is 0 Å². The number of aromatic nitrogens is 2. The first-order valence-electron chi connectivity index (χ1n) is 9.27. The molecule has 138 valence electrons. The Balaban J connectivity index is 1.42. The molecule has 5 aromatic rings. The molecule has 0 spiro atoms. The Morgan fingerprint density at radius 2 is 1.79 bits per heavy atom. The molecule has 29 heavy (non-hydrogen) atoms. The molecule has 0 radical (unpaired) electrons. The Labute approximate surface area is 172 Å². The summed E-state index contributed by atoms with van der Waals surface area (Å²) in [5.41, 5.74) is 3.96. The summed E-state index contributed by atoms with van der Waals surface area (Å²) in [6.07, 6.45) is 2.26. The van der Waals surface area contributed by atoms with Crippen LogP contribution in [-0.4, -0.2) is 9.97 Å². The van der Waals surface area contributed by atoms with Crippen LogP contribution >= 0.6 is 11.3 Å². The van der Waals surface area contributed by atoms with E-state index in [1.165, 1.54) is 20.5 Å². The molecular weight excluding hydrogens is 376 g/mol. The monoisotopic (exact) mass is 392 g/mol. The predicted molar refractivity (Wildman–Crippen MR) is 119 cm³/mol. The lowest BCUT2D eigenvalue weighted by atomic mass is 10.1. The van der Waals surface area contributed by atoms with E-state index in [1.807, 2.05) is 36.5 Å². The van der Waals surface area contributed by atoms with E-state index in [2.05, 4.69) is 63.8 Å². The highest BCUT2D eigenvalue weighted by Crippen LogP contribution is 2.34. The lowest BCUT2D eigenvalue weighted by Crippen LogP contribution is -1.97. The second-order valence-electron chi connectivity index (χ2n) is 6.77. The standard InChI is InChI=1S/C24H16N4S/c25-12-11-16-5-8-20(9-6-16)27-24-26-15-19-13-18(7-10-21(19)28-24)23-14-17-3-1-2-4-22(17)29-23/h1-10,13-15H,11H2,(H,26,27,28). The fraction of sp³-hybridized carbons (Fsp3) is 0.0417. The number of fused-ring (bicyclic) bond motifs is 2. The quantitative estimate of drug-likeness (QED) is 0.389. The average molecular weight is 392 g/mol. The first-order valence-corrected chi connectivity index (χ1v) is 10.1. The molecule has 5 rings (SSSR count). The van der Waals surface area contributed by atoms with E-state index in [0.29, 0.717) is 12.4 Å². The van der Waals surface area contributed by atoms with E-state index >= 15 is 0 Å². The fourth-order valence-electron chi connectivity index (χ4n) is 3.30. The molecule has 0 atom stereocenters. The maximum Gasteiger partial charge on any atom is 0.227 e. The maximum atomic E-state index is 8.77. The van der Waals surface area contributed by atoms with Crippen LogP contribution in [0.3, 0.4) is 0 Å². The van der Waals surface area contributed by atoms with Crippen LogP contribution < -0.4 is 5.32 Å². The minimum atomic E-state index is 0.412. The number of nitrogens with zero attached hydrogens (tertiary/aromatic N) is 3. The molecule has 0 bridgehead atoms. The van der Waals surface area contributed by atoms with Gasteiger partial charge >= 0.3 is 0 Å². The zero-order valence-corrected chi connectivity index (χ0v) is 16.3. The molecule has 0 aliphatic heterocycles. The summed E-state index contributed by atoms with van der Waals surface area (Å²) in [6, 6.07) is 26.8. The molecule has 5 heteroatoms. The minimum absolute atomic E-state index is 0.412. The van der Waals surface area contributed by atoms with Crippen molar-refractivity contribution in [3.63, 3.8) is 0 Å². The van der Waals surface area contributed by atoms with Gasteiger partial charge in [0.2, 0.25) is 5.95 Å². The van der Waals surface area contributed by atoms with Crippen molar-refractivity contribution in [3.05, 3.63) is 84.6 Å². The van der Waals surface area contributed by atoms with E-state index < -0.39 is 0 Å². The van der Waals surface area contributed by atoms with Gasteiger partial charge in [-0.25, -0.2) is 9.97 Å². The summed E-state index contributed by atoms with van der Waals surface area (Å²) in [7, 11) is 0. The summed E-state index contributed by atoms with van der Waals surface area (Å²) in [5, 5.41) is 14.3. The lowest BCUT2D eigenvalue weighted by Gasteiger charge is -2.07. The Hall–Kier alpha value is -3.75. The fourth-order valence-corrected chi connectivity index (χ4v) is 4.36. The number of nitrogens with one attached hydrogen (secondary N) is 1. The highest BCUT2D eigenvalue weighted by Gasteiger charge is 2.07. The molecule has 0 amide bonds. The first kappa shape index (κ1) is 17.4. The second kappa shape index (κ2) is 7.34. The number of anilines is 2. The predicted octanol–water partition coefficient (Wildman–Crippen LogP) is 6.32. The number of benzene rings is 3. The SMILES string of the molecule is N#CCc1ccc(Nc2ncc3cc(-c4cc5ccccc5s4)ccc3n2)cc1. The lowest BCUT2D eigenvalue weighted by molar-refractivity contribution is 1.21. The van der Waals surface area contributed by atoms with Gasteiger partial charge in [-0.2, -0.15) is 5.26 Å². The number of hydrogen-bond donors (Lipinski definition) is 1. The van der Waals surface area contributed by atoms with Crippen LogP contribution in [0, 0.1) is 11.3 Å². The molecular formula is C24H16N4S. The summed E-state index contributed by atoms with van der Waals surface area (Å²) in [4.78, 5) is 10.3. The van der Waals surface area contributed by atoms with Gasteiger partial charge in [0.05, 0.1) is 18.0 Å². The summed E-state index contributed by atoms with van der Waals surface area (Å²) >= 11 is 1.80. The van der Waals surface area contributed by atoms with Crippen molar-refractivity contribution in [2.24, 2.45) is 0 Å². The summed E-state index contributed by atoms with van der Waals surface area (Å²) in [5.74, 6) is 0.556. The number of hydrogen-bond acceptors (Lipinski definition) is 5. The molecule has 0 fully saturated rings. The molecule has 1 N–H and O–H groups in total. The smallest absolute Gasteiger partial charge is 0.227 e. The van der Waals surface area contributed by atoms with E-state index in [-0.39, 0.29) is 0 Å². The van der Waals surface area contributed by atoms with Gasteiger partial charge in [-0.1, -0.05) is 36.4 Å². The van der Waals surface area contributed by atoms with Gasteiger partial charge < -0.3 is 5.32 Å². The third-order valence-corrected chi connectivity index (χ3v) is 5.95. The largest absolute Gasteiger partial charge is 0.324 e.